The van der Waals surface area contributed by atoms with Crippen molar-refractivity contribution in [1.29, 1.82) is 0 Å². The zero-order chi connectivity index (χ0) is 9.90. The molecule has 0 bridgehead atoms. The first-order chi connectivity index (χ1) is 5.97. The Morgan fingerprint density at radius 2 is 1.69 bits per heavy atom. The Balaban J connectivity index is 2.16. The third kappa shape index (κ3) is 4.86. The molecule has 0 aliphatic carbocycles. The first-order valence-corrected chi connectivity index (χ1v) is 5.17. The number of hydrogen-bond acceptors (Lipinski definition) is 4. The molecule has 0 amide bonds. The summed E-state index contributed by atoms with van der Waals surface area (Å²) in [6.07, 6.45) is 0. The van der Waals surface area contributed by atoms with E-state index in [1.807, 2.05) is 4.31 Å². The Bertz CT molecular complexity index is 150. The quantitative estimate of drug-likeness (QED) is 0.681. The van der Waals surface area contributed by atoms with Crippen molar-refractivity contribution in [1.82, 2.24) is 9.21 Å². The van der Waals surface area contributed by atoms with E-state index in [0.29, 0.717) is 0 Å². The molecule has 1 heterocycles. The highest BCUT2D eigenvalue weighted by atomic mass is 32.1. The highest BCUT2D eigenvalue weighted by molar-refractivity contribution is 7.77. The van der Waals surface area contributed by atoms with Gasteiger partial charge in [0.2, 0.25) is 0 Å². The molecule has 1 aliphatic rings. The van der Waals surface area contributed by atoms with Crippen LogP contribution < -0.4 is 0 Å². The Hall–Kier alpha value is 0.230. The molecule has 1 fully saturated rings. The fourth-order valence-corrected chi connectivity index (χ4v) is 1.33. The first-order valence-electron chi connectivity index (χ1n) is 4.77. The number of hydrogen-bond donors (Lipinski definition) is 1. The van der Waals surface area contributed by atoms with E-state index in [1.54, 1.807) is 0 Å². The molecule has 0 aromatic rings. The van der Waals surface area contributed by atoms with Crippen molar-refractivity contribution in [2.45, 2.75) is 26.4 Å². The summed E-state index contributed by atoms with van der Waals surface area (Å²) in [6, 6.07) is 0. The Morgan fingerprint density at radius 1 is 1.15 bits per heavy atom. The van der Waals surface area contributed by atoms with Gasteiger partial charge in [-0.05, 0) is 20.8 Å². The zero-order valence-electron chi connectivity index (χ0n) is 8.79. The van der Waals surface area contributed by atoms with Crippen molar-refractivity contribution in [2.24, 2.45) is 0 Å². The van der Waals surface area contributed by atoms with E-state index in [9.17, 15) is 0 Å². The predicted molar refractivity (Wildman–Crippen MR) is 57.8 cm³/mol. The molecule has 0 saturated carbocycles. The van der Waals surface area contributed by atoms with Crippen LogP contribution in [0.1, 0.15) is 20.8 Å². The summed E-state index contributed by atoms with van der Waals surface area (Å²) in [5.41, 5.74) is -0.0297. The van der Waals surface area contributed by atoms with Gasteiger partial charge in [-0.1, -0.05) is 12.8 Å². The topological polar surface area (TPSA) is 15.7 Å². The minimum absolute atomic E-state index is 0.0297. The third-order valence-electron chi connectivity index (χ3n) is 2.03. The fourth-order valence-electron chi connectivity index (χ4n) is 1.15. The van der Waals surface area contributed by atoms with Crippen molar-refractivity contribution < 1.29 is 4.74 Å². The van der Waals surface area contributed by atoms with Crippen LogP contribution in [0.2, 0.25) is 0 Å². The molecule has 0 N–H and O–H groups in total. The molecule has 3 nitrogen and oxygen atoms in total. The number of rotatable bonds is 2. The van der Waals surface area contributed by atoms with Gasteiger partial charge in [0.15, 0.2) is 0 Å². The number of nitrogens with zero attached hydrogens (tertiary/aromatic N) is 2. The second-order valence-electron chi connectivity index (χ2n) is 4.46. The molecule has 13 heavy (non-hydrogen) atoms. The SMILES string of the molecule is CC(C)(C)OCN1CCN(S)CC1. The van der Waals surface area contributed by atoms with Crippen LogP contribution in [0.4, 0.5) is 0 Å². The second kappa shape index (κ2) is 4.64. The summed E-state index contributed by atoms with van der Waals surface area (Å²) in [5, 5.41) is 0. The van der Waals surface area contributed by atoms with E-state index in [4.69, 9.17) is 4.74 Å². The van der Waals surface area contributed by atoms with Gasteiger partial charge in [-0.3, -0.25) is 9.21 Å². The number of thiol groups is 1. The van der Waals surface area contributed by atoms with Gasteiger partial charge in [0, 0.05) is 26.2 Å². The molecule has 0 aromatic carbocycles. The zero-order valence-corrected chi connectivity index (χ0v) is 9.68. The lowest BCUT2D eigenvalue weighted by atomic mass is 10.2. The van der Waals surface area contributed by atoms with E-state index in [1.165, 1.54) is 0 Å². The van der Waals surface area contributed by atoms with Gasteiger partial charge in [0.05, 0.1) is 12.3 Å². The molecular weight excluding hydrogens is 184 g/mol. The van der Waals surface area contributed by atoms with Crippen LogP contribution in [0.3, 0.4) is 0 Å². The van der Waals surface area contributed by atoms with Gasteiger partial charge in [-0.2, -0.15) is 0 Å². The van der Waals surface area contributed by atoms with Gasteiger partial charge in [0.25, 0.3) is 0 Å². The van der Waals surface area contributed by atoms with Crippen LogP contribution in [0.5, 0.6) is 0 Å². The van der Waals surface area contributed by atoms with E-state index in [-0.39, 0.29) is 5.60 Å². The van der Waals surface area contributed by atoms with Gasteiger partial charge in [-0.15, -0.1) is 0 Å². The van der Waals surface area contributed by atoms with Crippen molar-refractivity contribution in [2.75, 3.05) is 32.9 Å². The monoisotopic (exact) mass is 204 g/mol. The van der Waals surface area contributed by atoms with Crippen molar-refractivity contribution in [3.63, 3.8) is 0 Å². The Morgan fingerprint density at radius 3 is 2.15 bits per heavy atom. The van der Waals surface area contributed by atoms with E-state index in [2.05, 4.69) is 38.5 Å². The highest BCUT2D eigenvalue weighted by Crippen LogP contribution is 2.09. The lowest BCUT2D eigenvalue weighted by Crippen LogP contribution is -2.44. The van der Waals surface area contributed by atoms with Crippen LogP contribution in [-0.2, 0) is 4.74 Å². The fraction of sp³-hybridized carbons (Fsp3) is 1.00. The summed E-state index contributed by atoms with van der Waals surface area (Å²) in [5.74, 6) is 0. The molecule has 0 spiro atoms. The maximum absolute atomic E-state index is 5.69. The molecule has 1 rings (SSSR count). The van der Waals surface area contributed by atoms with Gasteiger partial charge < -0.3 is 4.74 Å². The minimum atomic E-state index is -0.0297. The number of piperazine rings is 1. The summed E-state index contributed by atoms with van der Waals surface area (Å²) < 4.78 is 7.74. The van der Waals surface area contributed by atoms with Crippen LogP contribution >= 0.6 is 12.8 Å². The van der Waals surface area contributed by atoms with Crippen molar-refractivity contribution in [3.05, 3.63) is 0 Å². The minimum Gasteiger partial charge on any atom is -0.360 e. The van der Waals surface area contributed by atoms with Crippen LogP contribution in [0, 0.1) is 0 Å². The van der Waals surface area contributed by atoms with Gasteiger partial charge >= 0.3 is 0 Å². The first kappa shape index (κ1) is 11.3. The molecule has 0 unspecified atom stereocenters. The second-order valence-corrected chi connectivity index (χ2v) is 5.02. The molecule has 0 aromatic heterocycles. The predicted octanol–water partition coefficient (Wildman–Crippen LogP) is 1.22. The number of ether oxygens (including phenoxy) is 1. The molecule has 4 heteroatoms. The maximum atomic E-state index is 5.69. The average Bonchev–Trinajstić information content (AvgIpc) is 2.02. The van der Waals surface area contributed by atoms with Gasteiger partial charge in [0.1, 0.15) is 0 Å². The molecular formula is C9H20N2OS. The summed E-state index contributed by atoms with van der Waals surface area (Å²) >= 11 is 4.29. The lowest BCUT2D eigenvalue weighted by Gasteiger charge is -2.33. The summed E-state index contributed by atoms with van der Waals surface area (Å²) in [4.78, 5) is 2.32. The average molecular weight is 204 g/mol. The van der Waals surface area contributed by atoms with Crippen molar-refractivity contribution in [3.8, 4) is 0 Å². The summed E-state index contributed by atoms with van der Waals surface area (Å²) in [6.45, 7) is 11.2. The van der Waals surface area contributed by atoms with Crippen LogP contribution in [-0.4, -0.2) is 47.7 Å². The Labute approximate surface area is 86.6 Å². The summed E-state index contributed by atoms with van der Waals surface area (Å²) in [7, 11) is 0. The third-order valence-corrected chi connectivity index (χ3v) is 2.43. The molecule has 0 radical (unpaired) electrons. The van der Waals surface area contributed by atoms with E-state index in [0.717, 1.165) is 32.9 Å². The maximum Gasteiger partial charge on any atom is 0.0998 e. The molecule has 1 saturated heterocycles. The Kier molecular flexibility index (Phi) is 4.04. The highest BCUT2D eigenvalue weighted by Gasteiger charge is 2.17. The van der Waals surface area contributed by atoms with Crippen LogP contribution in [0.25, 0.3) is 0 Å². The molecule has 78 valence electrons. The smallest absolute Gasteiger partial charge is 0.0998 e. The molecule has 0 atom stereocenters. The standard InChI is InChI=1S/C9H20N2OS/c1-9(2,3)12-8-10-4-6-11(13)7-5-10/h13H,4-8H2,1-3H3. The van der Waals surface area contributed by atoms with Crippen molar-refractivity contribution >= 4 is 12.8 Å². The van der Waals surface area contributed by atoms with Gasteiger partial charge in [-0.25, -0.2) is 0 Å². The van der Waals surface area contributed by atoms with Crippen LogP contribution in [0.15, 0.2) is 0 Å². The van der Waals surface area contributed by atoms with E-state index >= 15 is 0 Å². The normalized spacial score (nSPS) is 22.2. The lowest BCUT2D eigenvalue weighted by molar-refractivity contribution is -0.0693. The van der Waals surface area contributed by atoms with E-state index < -0.39 is 0 Å². The molecule has 1 aliphatic heterocycles. The largest absolute Gasteiger partial charge is 0.360 e.